The molecule has 170 valence electrons. The summed E-state index contributed by atoms with van der Waals surface area (Å²) in [4.78, 5) is 16.9. The van der Waals surface area contributed by atoms with Gasteiger partial charge in [0.25, 0.3) is 0 Å². The average molecular weight is 468 g/mol. The predicted octanol–water partition coefficient (Wildman–Crippen LogP) is 6.11. The molecule has 33 heavy (non-hydrogen) atoms. The quantitative estimate of drug-likeness (QED) is 0.383. The van der Waals surface area contributed by atoms with Gasteiger partial charge in [0.15, 0.2) is 11.8 Å². The third-order valence-corrected chi connectivity index (χ3v) is 5.26. The summed E-state index contributed by atoms with van der Waals surface area (Å²) in [6, 6.07) is 14.9. The van der Waals surface area contributed by atoms with Crippen LogP contribution in [0.4, 0.5) is 4.39 Å². The topological polar surface area (TPSA) is 76.7 Å². The van der Waals surface area contributed by atoms with Crippen LogP contribution in [0, 0.1) is 12.7 Å². The number of fused-ring (bicyclic) bond motifs is 1. The first-order chi connectivity index (χ1) is 15.5. The van der Waals surface area contributed by atoms with Crippen LogP contribution in [0.1, 0.15) is 38.1 Å². The number of carbonyl (C=O) groups is 1. The van der Waals surface area contributed by atoms with Gasteiger partial charge < -0.3 is 9.84 Å². The van der Waals surface area contributed by atoms with E-state index >= 15 is 0 Å². The number of ether oxygens (including phenoxy) is 1. The number of aryl methyl sites for hydroxylation is 1. The Balaban J connectivity index is 2.04. The lowest BCUT2D eigenvalue weighted by molar-refractivity contribution is -0.160. The van der Waals surface area contributed by atoms with E-state index in [2.05, 4.69) is 4.98 Å². The second-order valence-corrected chi connectivity index (χ2v) is 9.16. The summed E-state index contributed by atoms with van der Waals surface area (Å²) in [6.07, 6.45) is -1.30. The maximum atomic E-state index is 13.7. The molecule has 0 saturated heterocycles. The van der Waals surface area contributed by atoms with Crippen LogP contribution in [-0.4, -0.2) is 31.3 Å². The zero-order chi connectivity index (χ0) is 23.9. The minimum absolute atomic E-state index is 0.359. The van der Waals surface area contributed by atoms with E-state index in [1.54, 1.807) is 62.5 Å². The molecule has 1 atom stereocenters. The molecule has 2 aromatic heterocycles. The van der Waals surface area contributed by atoms with Crippen molar-refractivity contribution in [1.82, 2.24) is 14.6 Å². The van der Waals surface area contributed by atoms with E-state index in [1.807, 2.05) is 12.1 Å². The summed E-state index contributed by atoms with van der Waals surface area (Å²) in [6.45, 7) is 7.09. The molecule has 1 N–H and O–H groups in total. The lowest BCUT2D eigenvalue weighted by atomic mass is 9.99. The first kappa shape index (κ1) is 22.9. The van der Waals surface area contributed by atoms with E-state index in [9.17, 15) is 14.3 Å². The highest BCUT2D eigenvalue weighted by molar-refractivity contribution is 6.30. The zero-order valence-electron chi connectivity index (χ0n) is 18.6. The van der Waals surface area contributed by atoms with E-state index < -0.39 is 23.5 Å². The van der Waals surface area contributed by atoms with Crippen LogP contribution in [0.15, 0.2) is 54.6 Å². The van der Waals surface area contributed by atoms with Crippen molar-refractivity contribution in [3.63, 3.8) is 0 Å². The largest absolute Gasteiger partial charge is 0.479 e. The molecule has 6 nitrogen and oxygen atoms in total. The van der Waals surface area contributed by atoms with Crippen molar-refractivity contribution in [3.8, 4) is 22.5 Å². The Morgan fingerprint density at radius 2 is 1.82 bits per heavy atom. The van der Waals surface area contributed by atoms with E-state index in [0.717, 1.165) is 5.56 Å². The molecule has 4 rings (SSSR count). The minimum atomic E-state index is -1.30. The van der Waals surface area contributed by atoms with Gasteiger partial charge >= 0.3 is 5.97 Å². The number of hydrogen-bond donors (Lipinski definition) is 1. The Morgan fingerprint density at radius 1 is 1.12 bits per heavy atom. The molecule has 2 aromatic carbocycles. The molecule has 0 aliphatic carbocycles. The number of aromatic nitrogens is 3. The first-order valence-electron chi connectivity index (χ1n) is 10.4. The van der Waals surface area contributed by atoms with Gasteiger partial charge in [-0.05, 0) is 64.1 Å². The van der Waals surface area contributed by atoms with Crippen molar-refractivity contribution in [2.45, 2.75) is 39.4 Å². The Morgan fingerprint density at radius 3 is 2.42 bits per heavy atom. The molecule has 0 saturated carbocycles. The third kappa shape index (κ3) is 4.74. The Labute approximate surface area is 195 Å². The number of benzene rings is 2. The minimum Gasteiger partial charge on any atom is -0.479 e. The van der Waals surface area contributed by atoms with E-state index in [-0.39, 0.29) is 0 Å². The summed E-state index contributed by atoms with van der Waals surface area (Å²) in [5, 5.41) is 15.3. The van der Waals surface area contributed by atoms with Crippen molar-refractivity contribution in [3.05, 3.63) is 76.7 Å². The fourth-order valence-electron chi connectivity index (χ4n) is 3.71. The lowest BCUT2D eigenvalue weighted by Crippen LogP contribution is -2.29. The summed E-state index contributed by atoms with van der Waals surface area (Å²) < 4.78 is 21.2. The first-order valence-corrected chi connectivity index (χ1v) is 10.7. The van der Waals surface area contributed by atoms with Gasteiger partial charge in [-0.25, -0.2) is 18.7 Å². The molecule has 0 fully saturated rings. The molecule has 0 aliphatic rings. The summed E-state index contributed by atoms with van der Waals surface area (Å²) in [7, 11) is 0. The van der Waals surface area contributed by atoms with Gasteiger partial charge in [0.1, 0.15) is 5.82 Å². The van der Waals surface area contributed by atoms with Crippen LogP contribution in [0.25, 0.3) is 28.2 Å². The number of carboxylic acids is 1. The lowest BCUT2D eigenvalue weighted by Gasteiger charge is -2.27. The molecular weight excluding hydrogens is 445 g/mol. The molecule has 4 aromatic rings. The third-order valence-electron chi connectivity index (χ3n) is 5.03. The molecule has 1 unspecified atom stereocenters. The highest BCUT2D eigenvalue weighted by atomic mass is 35.5. The maximum absolute atomic E-state index is 13.7. The van der Waals surface area contributed by atoms with Crippen LogP contribution >= 0.6 is 11.6 Å². The molecule has 0 bridgehead atoms. The van der Waals surface area contributed by atoms with Crippen LogP contribution in [0.5, 0.6) is 0 Å². The highest BCUT2D eigenvalue weighted by Crippen LogP contribution is 2.36. The second kappa shape index (κ2) is 8.57. The molecule has 0 radical (unpaired) electrons. The van der Waals surface area contributed by atoms with Gasteiger partial charge in [-0.15, -0.1) is 0 Å². The molecule has 0 aliphatic heterocycles. The number of hydrogen-bond acceptors (Lipinski definition) is 4. The van der Waals surface area contributed by atoms with E-state index in [0.29, 0.717) is 38.9 Å². The summed E-state index contributed by atoms with van der Waals surface area (Å²) in [5.74, 6) is -1.55. The Kier molecular flexibility index (Phi) is 5.95. The van der Waals surface area contributed by atoms with Crippen LogP contribution < -0.4 is 0 Å². The van der Waals surface area contributed by atoms with Crippen LogP contribution in [0.2, 0.25) is 5.02 Å². The smallest absolute Gasteiger partial charge is 0.337 e. The van der Waals surface area contributed by atoms with Crippen molar-refractivity contribution >= 4 is 23.2 Å². The van der Waals surface area contributed by atoms with Gasteiger partial charge in [0.2, 0.25) is 0 Å². The molecule has 2 heterocycles. The Bertz CT molecular complexity index is 1340. The molecule has 0 amide bonds. The summed E-state index contributed by atoms with van der Waals surface area (Å²) >= 11 is 6.16. The van der Waals surface area contributed by atoms with Gasteiger partial charge in [-0.2, -0.15) is 5.10 Å². The van der Waals surface area contributed by atoms with Gasteiger partial charge in [-0.1, -0.05) is 23.7 Å². The van der Waals surface area contributed by atoms with Crippen molar-refractivity contribution in [2.75, 3.05) is 0 Å². The number of nitrogens with zero attached hydrogens (tertiary/aromatic N) is 3. The van der Waals surface area contributed by atoms with Crippen LogP contribution in [-0.2, 0) is 9.53 Å². The maximum Gasteiger partial charge on any atom is 0.337 e. The van der Waals surface area contributed by atoms with E-state index in [1.165, 1.54) is 12.1 Å². The van der Waals surface area contributed by atoms with E-state index in [4.69, 9.17) is 21.4 Å². The van der Waals surface area contributed by atoms with Gasteiger partial charge in [0, 0.05) is 33.5 Å². The van der Waals surface area contributed by atoms with Crippen LogP contribution in [0.3, 0.4) is 0 Å². The van der Waals surface area contributed by atoms with Crippen molar-refractivity contribution in [2.24, 2.45) is 0 Å². The standard InChI is InChI=1S/C25H23ClFN3O3/c1-14-21(23(24(31)32)33-25(2,3)4)22(15-8-10-18(27)11-9-15)30-20(28-14)13-19(29-30)16-6-5-7-17(26)12-16/h5-13,23H,1-4H3,(H,31,32). The fourth-order valence-corrected chi connectivity index (χ4v) is 3.90. The molecule has 0 spiro atoms. The van der Waals surface area contributed by atoms with Gasteiger partial charge in [-0.3, -0.25) is 0 Å². The number of rotatable bonds is 5. The molecular formula is C25H23ClFN3O3. The predicted molar refractivity (Wildman–Crippen MR) is 125 cm³/mol. The zero-order valence-corrected chi connectivity index (χ0v) is 19.4. The van der Waals surface area contributed by atoms with Crippen molar-refractivity contribution in [1.29, 1.82) is 0 Å². The highest BCUT2D eigenvalue weighted by Gasteiger charge is 2.33. The number of halogens is 2. The SMILES string of the molecule is Cc1nc2cc(-c3cccc(Cl)c3)nn2c(-c2ccc(F)cc2)c1C(OC(C)(C)C)C(=O)O. The normalized spacial score (nSPS) is 12.8. The summed E-state index contributed by atoms with van der Waals surface area (Å²) in [5.41, 5.74) is 3.10. The number of aliphatic carboxylic acids is 1. The Hall–Kier alpha value is -3.29. The van der Waals surface area contributed by atoms with Gasteiger partial charge in [0.05, 0.1) is 17.0 Å². The van der Waals surface area contributed by atoms with Crippen molar-refractivity contribution < 1.29 is 19.0 Å². The monoisotopic (exact) mass is 467 g/mol. The second-order valence-electron chi connectivity index (χ2n) is 8.72. The fraction of sp³-hybridized carbons (Fsp3) is 0.240. The molecule has 8 heteroatoms. The number of carboxylic acid groups (broad SMARTS) is 1. The average Bonchev–Trinajstić information content (AvgIpc) is 3.15.